The summed E-state index contributed by atoms with van der Waals surface area (Å²) in [6.45, 7) is 5.21. The Kier molecular flexibility index (Phi) is 5.19. The van der Waals surface area contributed by atoms with E-state index in [2.05, 4.69) is 21.8 Å². The highest BCUT2D eigenvalue weighted by Gasteiger charge is 2.32. The number of anilines is 1. The molecule has 1 fully saturated rings. The minimum absolute atomic E-state index is 0.241. The molecule has 1 saturated heterocycles. The minimum Gasteiger partial charge on any atom is -0.486 e. The molecular formula is C23H26N4O4S2. The fourth-order valence-corrected chi connectivity index (χ4v) is 7.75. The highest BCUT2D eigenvalue weighted by Crippen LogP contribution is 2.41. The second-order valence-corrected chi connectivity index (χ2v) is 11.9. The van der Waals surface area contributed by atoms with Crippen molar-refractivity contribution in [2.75, 3.05) is 44.3 Å². The smallest absolute Gasteiger partial charge is 0.243 e. The highest BCUT2D eigenvalue weighted by atomic mass is 32.2. The lowest BCUT2D eigenvalue weighted by molar-refractivity contribution is 0.171. The van der Waals surface area contributed by atoms with E-state index in [4.69, 9.17) is 9.47 Å². The van der Waals surface area contributed by atoms with Crippen LogP contribution in [0.3, 0.4) is 0 Å². The maximum absolute atomic E-state index is 13.3. The number of nitrogens with zero attached hydrogens (tertiary/aromatic N) is 4. The van der Waals surface area contributed by atoms with Crippen molar-refractivity contribution in [2.24, 2.45) is 5.92 Å². The quantitative estimate of drug-likeness (QED) is 0.562. The zero-order valence-electron chi connectivity index (χ0n) is 18.5. The number of rotatable bonds is 3. The number of ether oxygens (including phenoxy) is 2. The first kappa shape index (κ1) is 21.1. The Bertz CT molecular complexity index is 1320. The first-order valence-electron chi connectivity index (χ1n) is 11.4. The van der Waals surface area contributed by atoms with Gasteiger partial charge in [-0.25, -0.2) is 18.4 Å². The number of hydrogen-bond acceptors (Lipinski definition) is 8. The minimum atomic E-state index is -3.61. The Hall–Kier alpha value is -2.43. The average Bonchev–Trinajstić information content (AvgIpc) is 3.21. The van der Waals surface area contributed by atoms with Gasteiger partial charge in [-0.3, -0.25) is 0 Å². The topological polar surface area (TPSA) is 84.9 Å². The van der Waals surface area contributed by atoms with Gasteiger partial charge in [0.25, 0.3) is 0 Å². The standard InChI is InChI=1S/C23H26N4O4S2/c1-15-2-4-17-20(12-15)32-23-21(17)22(24-14-25-23)26-6-8-27(9-7-26)33(28,29)16-3-5-18-19(13-16)31-11-10-30-18/h3,5,13-15H,2,4,6-12H2,1H3/t15-/m1/s1. The van der Waals surface area contributed by atoms with Crippen LogP contribution in [0.4, 0.5) is 5.82 Å². The molecule has 0 saturated carbocycles. The number of piperazine rings is 1. The first-order chi connectivity index (χ1) is 16.0. The van der Waals surface area contributed by atoms with Crippen molar-refractivity contribution in [3.63, 3.8) is 0 Å². The lowest BCUT2D eigenvalue weighted by Crippen LogP contribution is -2.49. The molecule has 0 unspecified atom stereocenters. The summed E-state index contributed by atoms with van der Waals surface area (Å²) in [6, 6.07) is 4.85. The van der Waals surface area contributed by atoms with E-state index in [0.29, 0.717) is 56.8 Å². The molecule has 0 N–H and O–H groups in total. The number of sulfonamides is 1. The lowest BCUT2D eigenvalue weighted by atomic mass is 9.89. The van der Waals surface area contributed by atoms with Gasteiger partial charge in [0, 0.05) is 37.1 Å². The average molecular weight is 487 g/mol. The van der Waals surface area contributed by atoms with Crippen LogP contribution < -0.4 is 14.4 Å². The molecule has 6 rings (SSSR count). The molecule has 0 amide bonds. The summed E-state index contributed by atoms with van der Waals surface area (Å²) in [5.74, 6) is 2.73. The molecule has 8 nitrogen and oxygen atoms in total. The van der Waals surface area contributed by atoms with Gasteiger partial charge in [0.2, 0.25) is 10.0 Å². The number of hydrogen-bond donors (Lipinski definition) is 0. The number of fused-ring (bicyclic) bond motifs is 4. The maximum Gasteiger partial charge on any atom is 0.243 e. The Balaban J connectivity index is 1.24. The van der Waals surface area contributed by atoms with E-state index in [1.54, 1.807) is 40.2 Å². The summed E-state index contributed by atoms with van der Waals surface area (Å²) >= 11 is 1.79. The van der Waals surface area contributed by atoms with E-state index in [-0.39, 0.29) is 4.90 Å². The van der Waals surface area contributed by atoms with Crippen LogP contribution in [0.15, 0.2) is 29.4 Å². The highest BCUT2D eigenvalue weighted by molar-refractivity contribution is 7.89. The van der Waals surface area contributed by atoms with Crippen LogP contribution in [0.1, 0.15) is 23.8 Å². The third-order valence-corrected chi connectivity index (χ3v) is 9.82. The Morgan fingerprint density at radius 3 is 2.67 bits per heavy atom. The van der Waals surface area contributed by atoms with Crippen LogP contribution >= 0.6 is 11.3 Å². The second kappa shape index (κ2) is 8.11. The van der Waals surface area contributed by atoms with Crippen molar-refractivity contribution < 1.29 is 17.9 Å². The number of benzene rings is 1. The fraction of sp³-hybridized carbons (Fsp3) is 0.478. The molecule has 0 radical (unpaired) electrons. The lowest BCUT2D eigenvalue weighted by Gasteiger charge is -2.35. The van der Waals surface area contributed by atoms with Gasteiger partial charge in [0.1, 0.15) is 30.2 Å². The summed E-state index contributed by atoms with van der Waals surface area (Å²) in [5, 5.41) is 1.17. The van der Waals surface area contributed by atoms with Crippen molar-refractivity contribution in [3.05, 3.63) is 35.0 Å². The number of thiophene rings is 1. The van der Waals surface area contributed by atoms with Crippen LogP contribution in [0.2, 0.25) is 0 Å². The van der Waals surface area contributed by atoms with Gasteiger partial charge in [-0.05, 0) is 42.9 Å². The zero-order valence-corrected chi connectivity index (χ0v) is 20.1. The molecule has 1 atom stereocenters. The van der Waals surface area contributed by atoms with Crippen LogP contribution in [-0.4, -0.2) is 62.1 Å². The van der Waals surface area contributed by atoms with Crippen LogP contribution in [0.5, 0.6) is 11.5 Å². The van der Waals surface area contributed by atoms with Gasteiger partial charge < -0.3 is 14.4 Å². The van der Waals surface area contributed by atoms with E-state index >= 15 is 0 Å². The van der Waals surface area contributed by atoms with Gasteiger partial charge >= 0.3 is 0 Å². The van der Waals surface area contributed by atoms with Crippen molar-refractivity contribution in [2.45, 2.75) is 31.1 Å². The molecule has 2 aliphatic heterocycles. The van der Waals surface area contributed by atoms with Crippen molar-refractivity contribution in [1.29, 1.82) is 0 Å². The maximum atomic E-state index is 13.3. The molecule has 1 aliphatic carbocycles. The normalized spacial score (nSPS) is 21.2. The van der Waals surface area contributed by atoms with Crippen molar-refractivity contribution >= 4 is 37.4 Å². The van der Waals surface area contributed by atoms with Gasteiger partial charge in [0.15, 0.2) is 11.5 Å². The molecule has 3 aliphatic rings. The Morgan fingerprint density at radius 2 is 1.85 bits per heavy atom. The van der Waals surface area contributed by atoms with Gasteiger partial charge in [-0.1, -0.05) is 6.92 Å². The van der Waals surface area contributed by atoms with E-state index in [9.17, 15) is 8.42 Å². The third-order valence-electron chi connectivity index (χ3n) is 6.76. The molecule has 0 spiro atoms. The van der Waals surface area contributed by atoms with Crippen LogP contribution in [0.25, 0.3) is 10.2 Å². The largest absolute Gasteiger partial charge is 0.486 e. The SMILES string of the molecule is C[C@@H]1CCc2c(sc3ncnc(N4CCN(S(=O)(=O)c5ccc6c(c5)OCCO6)CC4)c23)C1. The molecule has 10 heteroatoms. The van der Waals surface area contributed by atoms with Gasteiger partial charge in [-0.2, -0.15) is 4.31 Å². The molecule has 1 aromatic carbocycles. The third kappa shape index (κ3) is 3.64. The second-order valence-electron chi connectivity index (χ2n) is 8.93. The fourth-order valence-electron chi connectivity index (χ4n) is 4.97. The Morgan fingerprint density at radius 1 is 1.06 bits per heavy atom. The molecule has 4 heterocycles. The zero-order chi connectivity index (χ0) is 22.6. The van der Waals surface area contributed by atoms with E-state index < -0.39 is 10.0 Å². The number of aromatic nitrogens is 2. The van der Waals surface area contributed by atoms with E-state index in [0.717, 1.165) is 23.5 Å². The van der Waals surface area contributed by atoms with E-state index in [1.165, 1.54) is 22.2 Å². The number of aryl methyl sites for hydroxylation is 1. The molecule has 33 heavy (non-hydrogen) atoms. The summed E-state index contributed by atoms with van der Waals surface area (Å²) in [6.07, 6.45) is 5.00. The summed E-state index contributed by atoms with van der Waals surface area (Å²) in [4.78, 5) is 14.1. The van der Waals surface area contributed by atoms with Gasteiger partial charge in [-0.15, -0.1) is 11.3 Å². The molecule has 3 aromatic rings. The summed E-state index contributed by atoms with van der Waals surface area (Å²) in [5.41, 5.74) is 1.40. The summed E-state index contributed by atoms with van der Waals surface area (Å²) in [7, 11) is -3.61. The predicted octanol–water partition coefficient (Wildman–Crippen LogP) is 3.10. The summed E-state index contributed by atoms with van der Waals surface area (Å²) < 4.78 is 39.2. The van der Waals surface area contributed by atoms with Crippen LogP contribution in [0, 0.1) is 5.92 Å². The monoisotopic (exact) mass is 486 g/mol. The van der Waals surface area contributed by atoms with Crippen molar-refractivity contribution in [1.82, 2.24) is 14.3 Å². The van der Waals surface area contributed by atoms with Crippen LogP contribution in [-0.2, 0) is 22.9 Å². The molecular weight excluding hydrogens is 460 g/mol. The molecule has 0 bridgehead atoms. The van der Waals surface area contributed by atoms with Crippen molar-refractivity contribution in [3.8, 4) is 11.5 Å². The molecule has 2 aromatic heterocycles. The first-order valence-corrected chi connectivity index (χ1v) is 13.7. The van der Waals surface area contributed by atoms with Gasteiger partial charge in [0.05, 0.1) is 10.3 Å². The molecule has 174 valence electrons. The van der Waals surface area contributed by atoms with E-state index in [1.807, 2.05) is 0 Å². The Labute approximate surface area is 197 Å². The predicted molar refractivity (Wildman–Crippen MR) is 127 cm³/mol.